The number of halogens is 6. The molecule has 3 fully saturated rings. The van der Waals surface area contributed by atoms with Crippen molar-refractivity contribution in [2.75, 3.05) is 6.54 Å². The van der Waals surface area contributed by atoms with Gasteiger partial charge in [-0.3, -0.25) is 9.69 Å². The van der Waals surface area contributed by atoms with Crippen LogP contribution in [0.5, 0.6) is 5.75 Å². The van der Waals surface area contributed by atoms with Crippen LogP contribution in [0.2, 0.25) is 0 Å². The highest BCUT2D eigenvalue weighted by Gasteiger charge is 2.43. The summed E-state index contributed by atoms with van der Waals surface area (Å²) >= 11 is 0. The predicted octanol–water partition coefficient (Wildman–Crippen LogP) is 7.62. The van der Waals surface area contributed by atoms with Crippen LogP contribution < -0.4 is 4.74 Å². The average Bonchev–Trinajstić information content (AvgIpc) is 2.85. The third kappa shape index (κ3) is 6.15. The van der Waals surface area contributed by atoms with Crippen LogP contribution in [0.15, 0.2) is 30.3 Å². The minimum absolute atomic E-state index is 0.0197. The van der Waals surface area contributed by atoms with E-state index in [9.17, 15) is 36.2 Å². The van der Waals surface area contributed by atoms with E-state index in [0.717, 1.165) is 24.8 Å². The highest BCUT2D eigenvalue weighted by atomic mass is 19.4. The molecule has 1 N–H and O–H groups in total. The minimum atomic E-state index is -4.70. The topological polar surface area (TPSA) is 49.8 Å². The zero-order chi connectivity index (χ0) is 27.9. The predicted molar refractivity (Wildman–Crippen MR) is 134 cm³/mol. The standard InChI is InChI=1S/C29H33F6NO3/c30-28(31,32)20-7-9-23(10-8-20)39-25-11-6-18-5-4-17(14-24(18)26(25)29(33,34)35)12-13-36-21-2-1-3-22(36)16-19(15-21)27(37)38/h4-6,11,14,19-23H,1-3,7-10,12-13,15-16H2,(H,37,38)/t19?,20-,21?,22?,23+. The van der Waals surface area contributed by atoms with Crippen LogP contribution in [0.4, 0.5) is 26.3 Å². The fourth-order valence-electron chi connectivity index (χ4n) is 6.88. The molecule has 0 spiro atoms. The van der Waals surface area contributed by atoms with Gasteiger partial charge in [-0.1, -0.05) is 30.7 Å². The molecule has 0 amide bonds. The first-order chi connectivity index (χ1) is 18.4. The Kier molecular flexibility index (Phi) is 7.79. The van der Waals surface area contributed by atoms with Gasteiger partial charge >= 0.3 is 18.3 Å². The molecule has 5 rings (SSSR count). The number of carboxylic acids is 1. The number of hydrogen-bond donors (Lipinski definition) is 1. The molecule has 2 aliphatic heterocycles. The average molecular weight is 558 g/mol. The molecule has 1 aliphatic carbocycles. The van der Waals surface area contributed by atoms with Gasteiger partial charge in [0, 0.05) is 18.6 Å². The summed E-state index contributed by atoms with van der Waals surface area (Å²) in [4.78, 5) is 13.9. The quantitative estimate of drug-likeness (QED) is 0.371. The second-order valence-corrected chi connectivity index (χ2v) is 11.4. The Balaban J connectivity index is 1.34. The number of hydrogen-bond acceptors (Lipinski definition) is 3. The van der Waals surface area contributed by atoms with Gasteiger partial charge in [-0.25, -0.2) is 0 Å². The van der Waals surface area contributed by atoms with Crippen molar-refractivity contribution in [3.8, 4) is 5.75 Å². The Morgan fingerprint density at radius 1 is 0.923 bits per heavy atom. The highest BCUT2D eigenvalue weighted by Crippen LogP contribution is 2.44. The van der Waals surface area contributed by atoms with Crippen molar-refractivity contribution >= 4 is 16.7 Å². The third-order valence-electron chi connectivity index (χ3n) is 8.90. The van der Waals surface area contributed by atoms with Crippen molar-refractivity contribution in [3.63, 3.8) is 0 Å². The summed E-state index contributed by atoms with van der Waals surface area (Å²) in [7, 11) is 0. The zero-order valence-electron chi connectivity index (χ0n) is 21.5. The normalized spacial score (nSPS) is 28.4. The van der Waals surface area contributed by atoms with E-state index in [4.69, 9.17) is 4.74 Å². The zero-order valence-corrected chi connectivity index (χ0v) is 21.5. The third-order valence-corrected chi connectivity index (χ3v) is 8.90. The van der Waals surface area contributed by atoms with Gasteiger partial charge in [-0.2, -0.15) is 26.3 Å². The van der Waals surface area contributed by atoms with Crippen LogP contribution in [0.25, 0.3) is 10.8 Å². The molecule has 2 unspecified atom stereocenters. The van der Waals surface area contributed by atoms with Gasteiger partial charge in [0.15, 0.2) is 0 Å². The molecule has 2 heterocycles. The van der Waals surface area contributed by atoms with Gasteiger partial charge in [-0.05, 0) is 80.2 Å². The summed E-state index contributed by atoms with van der Waals surface area (Å²) in [6, 6.07) is 8.22. The number of benzene rings is 2. The monoisotopic (exact) mass is 557 g/mol. The summed E-state index contributed by atoms with van der Waals surface area (Å²) in [5.41, 5.74) is -0.145. The Bertz CT molecular complexity index is 1170. The molecule has 2 atom stereocenters. The molecular weight excluding hydrogens is 524 g/mol. The number of rotatable bonds is 6. The van der Waals surface area contributed by atoms with Crippen molar-refractivity contribution in [1.82, 2.24) is 4.90 Å². The summed E-state index contributed by atoms with van der Waals surface area (Å²) in [5.74, 6) is -2.87. The second-order valence-electron chi connectivity index (χ2n) is 11.4. The van der Waals surface area contributed by atoms with E-state index in [-0.39, 0.29) is 54.8 Å². The lowest BCUT2D eigenvalue weighted by atomic mass is 9.78. The van der Waals surface area contributed by atoms with E-state index in [1.54, 1.807) is 18.2 Å². The van der Waals surface area contributed by atoms with E-state index in [2.05, 4.69) is 4.90 Å². The molecule has 2 aromatic rings. The van der Waals surface area contributed by atoms with Gasteiger partial charge in [0.1, 0.15) is 11.3 Å². The van der Waals surface area contributed by atoms with E-state index in [1.165, 1.54) is 6.07 Å². The molecule has 10 heteroatoms. The minimum Gasteiger partial charge on any atom is -0.490 e. The van der Waals surface area contributed by atoms with E-state index in [0.29, 0.717) is 31.2 Å². The first-order valence-electron chi connectivity index (χ1n) is 13.7. The summed E-state index contributed by atoms with van der Waals surface area (Å²) in [5, 5.41) is 9.92. The lowest BCUT2D eigenvalue weighted by Gasteiger charge is -2.48. The maximum atomic E-state index is 14.3. The molecular formula is C29H33F6NO3. The molecule has 0 aromatic heterocycles. The highest BCUT2D eigenvalue weighted by molar-refractivity contribution is 5.89. The van der Waals surface area contributed by atoms with Gasteiger partial charge in [-0.15, -0.1) is 0 Å². The van der Waals surface area contributed by atoms with Crippen molar-refractivity contribution in [1.29, 1.82) is 0 Å². The number of ether oxygens (including phenoxy) is 1. The molecule has 1 saturated carbocycles. The molecule has 0 radical (unpaired) electrons. The Labute approximate surface area is 223 Å². The van der Waals surface area contributed by atoms with E-state index in [1.807, 2.05) is 6.07 Å². The van der Waals surface area contributed by atoms with Crippen LogP contribution in [0.3, 0.4) is 0 Å². The number of aliphatic carboxylic acids is 1. The number of piperidine rings is 2. The molecule has 2 saturated heterocycles. The Hall–Kier alpha value is -2.49. The molecule has 4 nitrogen and oxygen atoms in total. The number of carboxylic acid groups (broad SMARTS) is 1. The van der Waals surface area contributed by atoms with Gasteiger partial charge in [0.25, 0.3) is 0 Å². The first kappa shape index (κ1) is 28.1. The Morgan fingerprint density at radius 2 is 1.56 bits per heavy atom. The van der Waals surface area contributed by atoms with Gasteiger partial charge in [0.2, 0.25) is 0 Å². The Morgan fingerprint density at radius 3 is 2.15 bits per heavy atom. The first-order valence-corrected chi connectivity index (χ1v) is 13.7. The fraction of sp³-hybridized carbons (Fsp3) is 0.621. The van der Waals surface area contributed by atoms with E-state index < -0.39 is 35.9 Å². The smallest absolute Gasteiger partial charge is 0.420 e. The maximum absolute atomic E-state index is 14.3. The summed E-state index contributed by atoms with van der Waals surface area (Å²) in [6.07, 6.45) is -5.23. The molecule has 39 heavy (non-hydrogen) atoms. The fourth-order valence-corrected chi connectivity index (χ4v) is 6.88. The number of alkyl halides is 6. The van der Waals surface area contributed by atoms with Crippen LogP contribution in [-0.4, -0.2) is 46.9 Å². The summed E-state index contributed by atoms with van der Waals surface area (Å²) < 4.78 is 87.7. The van der Waals surface area contributed by atoms with Crippen molar-refractivity contribution in [3.05, 3.63) is 41.5 Å². The number of fused-ring (bicyclic) bond motifs is 3. The SMILES string of the molecule is O=C(O)C1CC2CCCC(C1)N2CCc1ccc2ccc(O[C@H]3CC[C@@H](C(F)(F)F)CC3)c(C(F)(F)F)c2c1. The van der Waals surface area contributed by atoms with Gasteiger partial charge < -0.3 is 9.84 Å². The maximum Gasteiger partial charge on any atom is 0.420 e. The number of carbonyl (C=O) groups is 1. The molecule has 214 valence electrons. The largest absolute Gasteiger partial charge is 0.490 e. The van der Waals surface area contributed by atoms with Crippen molar-refractivity contribution < 1.29 is 41.0 Å². The second kappa shape index (κ2) is 10.8. The van der Waals surface area contributed by atoms with Crippen LogP contribution in [0, 0.1) is 11.8 Å². The van der Waals surface area contributed by atoms with Crippen LogP contribution >= 0.6 is 0 Å². The van der Waals surface area contributed by atoms with Crippen LogP contribution in [0.1, 0.15) is 68.9 Å². The molecule has 2 aromatic carbocycles. The van der Waals surface area contributed by atoms with Crippen molar-refractivity contribution in [2.24, 2.45) is 11.8 Å². The van der Waals surface area contributed by atoms with Crippen LogP contribution in [-0.2, 0) is 17.4 Å². The number of nitrogens with zero attached hydrogens (tertiary/aromatic N) is 1. The molecule has 2 bridgehead atoms. The molecule has 3 aliphatic rings. The van der Waals surface area contributed by atoms with E-state index >= 15 is 0 Å². The summed E-state index contributed by atoms with van der Waals surface area (Å²) in [6.45, 7) is 0.646. The van der Waals surface area contributed by atoms with Crippen molar-refractivity contribution in [2.45, 2.75) is 94.7 Å². The lowest BCUT2D eigenvalue weighted by molar-refractivity contribution is -0.185. The van der Waals surface area contributed by atoms with Gasteiger partial charge in [0.05, 0.1) is 17.9 Å². The lowest BCUT2D eigenvalue weighted by Crippen LogP contribution is -2.53.